The minimum Gasteiger partial charge on any atom is -0.480 e. The predicted molar refractivity (Wildman–Crippen MR) is 114 cm³/mol. The molecule has 0 aliphatic heterocycles. The smallest absolute Gasteiger partial charge is 0.326 e. The molecule has 30 heavy (non-hydrogen) atoms. The Morgan fingerprint density at radius 1 is 1.13 bits per heavy atom. The van der Waals surface area contributed by atoms with Gasteiger partial charge in [0.15, 0.2) is 0 Å². The van der Waals surface area contributed by atoms with Gasteiger partial charge in [0, 0.05) is 6.04 Å². The summed E-state index contributed by atoms with van der Waals surface area (Å²) in [6.45, 7) is 3.24. The molecule has 0 saturated heterocycles. The van der Waals surface area contributed by atoms with Gasteiger partial charge in [-0.2, -0.15) is 0 Å². The zero-order valence-electron chi connectivity index (χ0n) is 18.2. The summed E-state index contributed by atoms with van der Waals surface area (Å²) in [5, 5.41) is 12.6. The maximum Gasteiger partial charge on any atom is 0.326 e. The summed E-state index contributed by atoms with van der Waals surface area (Å²) in [6, 6.07) is 7.45. The number of esters is 1. The highest BCUT2D eigenvalue weighted by Crippen LogP contribution is 2.25. The van der Waals surface area contributed by atoms with E-state index in [4.69, 9.17) is 4.74 Å². The molecule has 1 saturated carbocycles. The van der Waals surface area contributed by atoms with Gasteiger partial charge in [-0.15, -0.1) is 0 Å². The molecule has 0 bridgehead atoms. The number of carbonyl (C=O) groups is 3. The number of amides is 1. The van der Waals surface area contributed by atoms with Gasteiger partial charge in [0.05, 0.1) is 13.2 Å². The lowest BCUT2D eigenvalue weighted by Crippen LogP contribution is -2.57. The Morgan fingerprint density at radius 2 is 1.77 bits per heavy atom. The van der Waals surface area contributed by atoms with Crippen molar-refractivity contribution in [3.05, 3.63) is 35.9 Å². The van der Waals surface area contributed by atoms with E-state index in [9.17, 15) is 19.5 Å². The molecule has 166 valence electrons. The molecule has 1 aliphatic rings. The number of hydrogen-bond donors (Lipinski definition) is 2. The largest absolute Gasteiger partial charge is 0.480 e. The molecule has 0 radical (unpaired) electrons. The highest BCUT2D eigenvalue weighted by atomic mass is 16.5. The number of carbonyl (C=O) groups excluding carboxylic acids is 2. The number of methoxy groups -OCH3 is 1. The number of nitrogens with zero attached hydrogens (tertiary/aromatic N) is 1. The Balaban J connectivity index is 2.10. The van der Waals surface area contributed by atoms with Gasteiger partial charge in [-0.1, -0.05) is 49.6 Å². The number of carboxylic acids is 1. The van der Waals surface area contributed by atoms with Gasteiger partial charge in [-0.05, 0) is 45.1 Å². The molecular formula is C23H34N2O5. The molecule has 1 fully saturated rings. The van der Waals surface area contributed by atoms with Crippen molar-refractivity contribution < 1.29 is 24.2 Å². The van der Waals surface area contributed by atoms with E-state index >= 15 is 0 Å². The van der Waals surface area contributed by atoms with E-state index in [1.165, 1.54) is 12.0 Å². The summed E-state index contributed by atoms with van der Waals surface area (Å²) < 4.78 is 4.92. The average Bonchev–Trinajstić information content (AvgIpc) is 2.77. The van der Waals surface area contributed by atoms with E-state index in [0.717, 1.165) is 37.7 Å². The minimum atomic E-state index is -1.02. The Bertz CT molecular complexity index is 703. The molecule has 1 amide bonds. The van der Waals surface area contributed by atoms with Crippen molar-refractivity contribution in [2.75, 3.05) is 7.11 Å². The summed E-state index contributed by atoms with van der Waals surface area (Å²) in [5.41, 5.74) is 1.09. The second-order valence-electron chi connectivity index (χ2n) is 8.04. The number of carboxylic acid groups (broad SMARTS) is 1. The van der Waals surface area contributed by atoms with Gasteiger partial charge in [-0.25, -0.2) is 4.79 Å². The van der Waals surface area contributed by atoms with Gasteiger partial charge < -0.3 is 14.7 Å². The molecule has 1 aromatic rings. The number of benzene rings is 1. The van der Waals surface area contributed by atoms with Crippen LogP contribution < -0.4 is 5.32 Å². The fourth-order valence-corrected chi connectivity index (χ4v) is 4.13. The first-order valence-electron chi connectivity index (χ1n) is 10.8. The van der Waals surface area contributed by atoms with E-state index in [0.29, 0.717) is 12.8 Å². The summed E-state index contributed by atoms with van der Waals surface area (Å²) in [4.78, 5) is 38.7. The standard InChI is InChI=1S/C23H34N2O5/c1-16(21(26)25(17(2)22(27)28)19-12-8-5-9-13-19)24-20(23(29)30-3)15-14-18-10-6-4-7-11-18/h4,6-7,10-11,16-17,19-20,24H,5,8-9,12-15H2,1-3H3,(H,27,28)/t16-,17-,20?/m0/s1. The van der Waals surface area contributed by atoms with Crippen LogP contribution in [0.1, 0.15) is 57.9 Å². The first-order valence-corrected chi connectivity index (χ1v) is 10.8. The molecule has 1 aliphatic carbocycles. The van der Waals surface area contributed by atoms with Crippen LogP contribution in [0.2, 0.25) is 0 Å². The van der Waals surface area contributed by atoms with Crippen molar-refractivity contribution in [3.8, 4) is 0 Å². The highest BCUT2D eigenvalue weighted by Gasteiger charge is 2.36. The molecule has 7 heteroatoms. The maximum absolute atomic E-state index is 13.3. The average molecular weight is 419 g/mol. The van der Waals surface area contributed by atoms with Crippen LogP contribution in [0.15, 0.2) is 30.3 Å². The van der Waals surface area contributed by atoms with Crippen molar-refractivity contribution >= 4 is 17.8 Å². The Labute approximate surface area is 178 Å². The molecule has 2 rings (SSSR count). The van der Waals surface area contributed by atoms with Crippen LogP contribution in [0.25, 0.3) is 0 Å². The molecule has 2 N–H and O–H groups in total. The van der Waals surface area contributed by atoms with Crippen molar-refractivity contribution in [2.24, 2.45) is 0 Å². The van der Waals surface area contributed by atoms with Crippen LogP contribution >= 0.6 is 0 Å². The Morgan fingerprint density at radius 3 is 2.33 bits per heavy atom. The zero-order chi connectivity index (χ0) is 22.1. The summed E-state index contributed by atoms with van der Waals surface area (Å²) in [5.74, 6) is -1.73. The molecule has 3 atom stereocenters. The predicted octanol–water partition coefficient (Wildman–Crippen LogP) is 2.77. The second kappa shape index (κ2) is 11.7. The van der Waals surface area contributed by atoms with E-state index in [2.05, 4.69) is 5.32 Å². The summed E-state index contributed by atoms with van der Waals surface area (Å²) in [6.07, 6.45) is 5.85. The lowest BCUT2D eigenvalue weighted by atomic mass is 9.92. The van der Waals surface area contributed by atoms with E-state index < -0.39 is 30.1 Å². The topological polar surface area (TPSA) is 95.9 Å². The summed E-state index contributed by atoms with van der Waals surface area (Å²) >= 11 is 0. The van der Waals surface area contributed by atoms with Gasteiger partial charge in [-0.3, -0.25) is 14.9 Å². The fraction of sp³-hybridized carbons (Fsp3) is 0.609. The van der Waals surface area contributed by atoms with Gasteiger partial charge >= 0.3 is 11.9 Å². The number of hydrogen-bond acceptors (Lipinski definition) is 5. The number of aliphatic carboxylic acids is 1. The third kappa shape index (κ3) is 6.55. The Kier molecular flexibility index (Phi) is 9.30. The Hall–Kier alpha value is -2.41. The van der Waals surface area contributed by atoms with Crippen molar-refractivity contribution in [3.63, 3.8) is 0 Å². The quantitative estimate of drug-likeness (QED) is 0.567. The number of ether oxygens (including phenoxy) is 1. The fourth-order valence-electron chi connectivity index (χ4n) is 4.13. The molecule has 1 aromatic carbocycles. The lowest BCUT2D eigenvalue weighted by Gasteiger charge is -2.39. The number of nitrogens with one attached hydrogen (secondary N) is 1. The molecule has 1 unspecified atom stereocenters. The third-order valence-electron chi connectivity index (χ3n) is 5.87. The highest BCUT2D eigenvalue weighted by molar-refractivity contribution is 5.87. The second-order valence-corrected chi connectivity index (χ2v) is 8.04. The monoisotopic (exact) mass is 418 g/mol. The first-order chi connectivity index (χ1) is 14.3. The SMILES string of the molecule is COC(=O)C(CCc1ccccc1)N[C@@H](C)C(=O)N(C1CCCCC1)[C@@H](C)C(=O)O. The minimum absolute atomic E-state index is 0.0810. The zero-order valence-corrected chi connectivity index (χ0v) is 18.2. The maximum atomic E-state index is 13.3. The van der Waals surface area contributed by atoms with E-state index in [1.54, 1.807) is 13.8 Å². The van der Waals surface area contributed by atoms with Gasteiger partial charge in [0.25, 0.3) is 0 Å². The van der Waals surface area contributed by atoms with Crippen molar-refractivity contribution in [1.82, 2.24) is 10.2 Å². The number of rotatable bonds is 10. The van der Waals surface area contributed by atoms with Crippen molar-refractivity contribution in [2.45, 2.75) is 83.0 Å². The molecule has 0 heterocycles. The van der Waals surface area contributed by atoms with Crippen LogP contribution in [-0.2, 0) is 25.5 Å². The van der Waals surface area contributed by atoms with Crippen LogP contribution in [0.4, 0.5) is 0 Å². The molecule has 7 nitrogen and oxygen atoms in total. The van der Waals surface area contributed by atoms with E-state index in [1.807, 2.05) is 30.3 Å². The lowest BCUT2D eigenvalue weighted by molar-refractivity contribution is -0.153. The van der Waals surface area contributed by atoms with Crippen molar-refractivity contribution in [1.29, 1.82) is 0 Å². The first kappa shape index (κ1) is 23.9. The van der Waals surface area contributed by atoms with Crippen LogP contribution in [0.5, 0.6) is 0 Å². The van der Waals surface area contributed by atoms with Crippen LogP contribution in [0.3, 0.4) is 0 Å². The van der Waals surface area contributed by atoms with Gasteiger partial charge in [0.2, 0.25) is 5.91 Å². The molecular weight excluding hydrogens is 384 g/mol. The van der Waals surface area contributed by atoms with Gasteiger partial charge in [0.1, 0.15) is 12.1 Å². The van der Waals surface area contributed by atoms with Crippen LogP contribution in [-0.4, -0.2) is 59.1 Å². The normalized spacial score (nSPS) is 17.6. The van der Waals surface area contributed by atoms with E-state index in [-0.39, 0.29) is 11.9 Å². The summed E-state index contributed by atoms with van der Waals surface area (Å²) in [7, 11) is 1.33. The number of aryl methyl sites for hydroxylation is 1. The third-order valence-corrected chi connectivity index (χ3v) is 5.87. The molecule has 0 spiro atoms. The molecule has 0 aromatic heterocycles. The van der Waals surface area contributed by atoms with Crippen LogP contribution in [0, 0.1) is 0 Å².